The van der Waals surface area contributed by atoms with Gasteiger partial charge in [-0.15, -0.1) is 0 Å². The number of benzene rings is 1. The SMILES string of the molecule is C=CCOC(=O)C(O)CC(=O)c1ccccc1. The monoisotopic (exact) mass is 234 g/mol. The fraction of sp³-hybridized carbons (Fsp3) is 0.231. The molecule has 0 aromatic heterocycles. The van der Waals surface area contributed by atoms with Crippen molar-refractivity contribution in [2.24, 2.45) is 0 Å². The number of esters is 1. The zero-order valence-electron chi connectivity index (χ0n) is 9.33. The van der Waals surface area contributed by atoms with Crippen molar-refractivity contribution in [1.29, 1.82) is 0 Å². The fourth-order valence-electron chi connectivity index (χ4n) is 1.24. The van der Waals surface area contributed by atoms with E-state index in [-0.39, 0.29) is 18.8 Å². The third-order valence-electron chi connectivity index (χ3n) is 2.09. The summed E-state index contributed by atoms with van der Waals surface area (Å²) in [6.45, 7) is 3.40. The summed E-state index contributed by atoms with van der Waals surface area (Å²) in [5, 5.41) is 9.45. The molecule has 1 aromatic carbocycles. The van der Waals surface area contributed by atoms with Crippen molar-refractivity contribution in [3.63, 3.8) is 0 Å². The standard InChI is InChI=1S/C13H14O4/c1-2-8-17-13(16)12(15)9-11(14)10-6-4-3-5-7-10/h2-7,12,15H,1,8-9H2. The van der Waals surface area contributed by atoms with Crippen LogP contribution in [0.4, 0.5) is 0 Å². The van der Waals surface area contributed by atoms with E-state index < -0.39 is 12.1 Å². The first-order valence-corrected chi connectivity index (χ1v) is 5.19. The molecule has 90 valence electrons. The van der Waals surface area contributed by atoms with Crippen LogP contribution in [-0.2, 0) is 9.53 Å². The summed E-state index contributed by atoms with van der Waals surface area (Å²) in [5.74, 6) is -1.11. The summed E-state index contributed by atoms with van der Waals surface area (Å²) in [5.41, 5.74) is 0.461. The second-order valence-electron chi connectivity index (χ2n) is 3.43. The van der Waals surface area contributed by atoms with Gasteiger partial charge in [-0.25, -0.2) is 4.79 Å². The van der Waals surface area contributed by atoms with Gasteiger partial charge in [0.2, 0.25) is 0 Å². The van der Waals surface area contributed by atoms with Gasteiger partial charge in [0.05, 0.1) is 0 Å². The molecule has 1 N–H and O–H groups in total. The van der Waals surface area contributed by atoms with E-state index in [1.54, 1.807) is 30.3 Å². The van der Waals surface area contributed by atoms with Gasteiger partial charge in [-0.1, -0.05) is 43.0 Å². The van der Waals surface area contributed by atoms with Gasteiger partial charge in [0.1, 0.15) is 6.61 Å². The van der Waals surface area contributed by atoms with E-state index in [9.17, 15) is 14.7 Å². The number of aliphatic hydroxyl groups excluding tert-OH is 1. The van der Waals surface area contributed by atoms with Crippen molar-refractivity contribution < 1.29 is 19.4 Å². The number of hydrogen-bond donors (Lipinski definition) is 1. The molecule has 0 aliphatic carbocycles. The van der Waals surface area contributed by atoms with Crippen LogP contribution in [0.3, 0.4) is 0 Å². The van der Waals surface area contributed by atoms with E-state index >= 15 is 0 Å². The van der Waals surface area contributed by atoms with Crippen molar-refractivity contribution in [3.05, 3.63) is 48.6 Å². The number of carbonyl (C=O) groups is 2. The Morgan fingerprint density at radius 3 is 2.59 bits per heavy atom. The highest BCUT2D eigenvalue weighted by Crippen LogP contribution is 2.06. The molecule has 0 fully saturated rings. The van der Waals surface area contributed by atoms with E-state index in [1.807, 2.05) is 0 Å². The molecule has 0 radical (unpaired) electrons. The fourth-order valence-corrected chi connectivity index (χ4v) is 1.24. The van der Waals surface area contributed by atoms with Gasteiger partial charge in [0.25, 0.3) is 0 Å². The number of ketones is 1. The summed E-state index contributed by atoms with van der Waals surface area (Å²) in [4.78, 5) is 22.8. The van der Waals surface area contributed by atoms with Crippen LogP contribution in [0, 0.1) is 0 Å². The van der Waals surface area contributed by atoms with Gasteiger partial charge < -0.3 is 9.84 Å². The largest absolute Gasteiger partial charge is 0.460 e. The maximum Gasteiger partial charge on any atom is 0.335 e. The van der Waals surface area contributed by atoms with E-state index in [0.29, 0.717) is 5.56 Å². The Labute approximate surface area is 99.5 Å². The van der Waals surface area contributed by atoms with Crippen LogP contribution in [0.5, 0.6) is 0 Å². The van der Waals surface area contributed by atoms with Crippen LogP contribution in [-0.4, -0.2) is 29.6 Å². The zero-order chi connectivity index (χ0) is 12.7. The van der Waals surface area contributed by atoms with Crippen LogP contribution < -0.4 is 0 Å². The average molecular weight is 234 g/mol. The summed E-state index contributed by atoms with van der Waals surface area (Å²) in [6, 6.07) is 8.48. The Kier molecular flexibility index (Phi) is 5.10. The predicted octanol–water partition coefficient (Wildman–Crippen LogP) is 1.35. The highest BCUT2D eigenvalue weighted by Gasteiger charge is 2.20. The van der Waals surface area contributed by atoms with Crippen molar-refractivity contribution in [2.75, 3.05) is 6.61 Å². The topological polar surface area (TPSA) is 63.6 Å². The summed E-state index contributed by atoms with van der Waals surface area (Å²) in [6.07, 6.45) is -0.313. The lowest BCUT2D eigenvalue weighted by Crippen LogP contribution is -2.26. The summed E-state index contributed by atoms with van der Waals surface area (Å²) >= 11 is 0. The molecule has 1 aromatic rings. The predicted molar refractivity (Wildman–Crippen MR) is 62.6 cm³/mol. The van der Waals surface area contributed by atoms with Crippen molar-refractivity contribution in [2.45, 2.75) is 12.5 Å². The number of aliphatic hydroxyl groups is 1. The van der Waals surface area contributed by atoms with Gasteiger partial charge >= 0.3 is 5.97 Å². The van der Waals surface area contributed by atoms with Gasteiger partial charge in [-0.05, 0) is 0 Å². The molecule has 0 bridgehead atoms. The molecular formula is C13H14O4. The summed E-state index contributed by atoms with van der Waals surface area (Å²) in [7, 11) is 0. The normalized spacial score (nSPS) is 11.6. The Morgan fingerprint density at radius 1 is 1.35 bits per heavy atom. The number of carbonyl (C=O) groups excluding carboxylic acids is 2. The summed E-state index contributed by atoms with van der Waals surface area (Å²) < 4.78 is 4.63. The molecule has 0 spiro atoms. The molecule has 4 heteroatoms. The molecule has 0 saturated heterocycles. The molecule has 17 heavy (non-hydrogen) atoms. The Hall–Kier alpha value is -1.94. The Balaban J connectivity index is 2.51. The van der Waals surface area contributed by atoms with Crippen LogP contribution in [0.2, 0.25) is 0 Å². The smallest absolute Gasteiger partial charge is 0.335 e. The van der Waals surface area contributed by atoms with Crippen LogP contribution >= 0.6 is 0 Å². The molecule has 1 unspecified atom stereocenters. The lowest BCUT2D eigenvalue weighted by Gasteiger charge is -2.08. The second kappa shape index (κ2) is 6.60. The van der Waals surface area contributed by atoms with Crippen LogP contribution in [0.1, 0.15) is 16.8 Å². The highest BCUT2D eigenvalue weighted by atomic mass is 16.5. The molecule has 1 atom stereocenters. The third kappa shape index (κ3) is 4.20. The maximum atomic E-state index is 11.6. The minimum Gasteiger partial charge on any atom is -0.460 e. The number of hydrogen-bond acceptors (Lipinski definition) is 4. The Morgan fingerprint density at radius 2 is 2.00 bits per heavy atom. The first kappa shape index (κ1) is 13.1. The molecule has 0 aliphatic rings. The Bertz CT molecular complexity index is 397. The quantitative estimate of drug-likeness (QED) is 0.458. The first-order valence-electron chi connectivity index (χ1n) is 5.19. The van der Waals surface area contributed by atoms with Crippen molar-refractivity contribution in [1.82, 2.24) is 0 Å². The van der Waals surface area contributed by atoms with Crippen LogP contribution in [0.15, 0.2) is 43.0 Å². The number of Topliss-reactive ketones (excluding diaryl/α,β-unsaturated/α-hetero) is 1. The average Bonchev–Trinajstić information content (AvgIpc) is 2.36. The second-order valence-corrected chi connectivity index (χ2v) is 3.43. The lowest BCUT2D eigenvalue weighted by atomic mass is 10.1. The highest BCUT2D eigenvalue weighted by molar-refractivity contribution is 5.98. The molecular weight excluding hydrogens is 220 g/mol. The molecule has 4 nitrogen and oxygen atoms in total. The third-order valence-corrected chi connectivity index (χ3v) is 2.09. The molecule has 1 rings (SSSR count). The van der Waals surface area contributed by atoms with Crippen LogP contribution in [0.25, 0.3) is 0 Å². The lowest BCUT2D eigenvalue weighted by molar-refractivity contribution is -0.152. The first-order chi connectivity index (χ1) is 8.15. The van der Waals surface area contributed by atoms with Gasteiger partial charge in [-0.2, -0.15) is 0 Å². The van der Waals surface area contributed by atoms with Gasteiger partial charge in [0.15, 0.2) is 11.9 Å². The van der Waals surface area contributed by atoms with E-state index in [2.05, 4.69) is 11.3 Å². The zero-order valence-corrected chi connectivity index (χ0v) is 9.33. The number of rotatable bonds is 6. The van der Waals surface area contributed by atoms with Gasteiger partial charge in [-0.3, -0.25) is 4.79 Å². The maximum absolute atomic E-state index is 11.6. The van der Waals surface area contributed by atoms with Crippen molar-refractivity contribution in [3.8, 4) is 0 Å². The molecule has 0 aliphatic heterocycles. The molecule has 0 saturated carbocycles. The van der Waals surface area contributed by atoms with Gasteiger partial charge in [0, 0.05) is 12.0 Å². The number of ether oxygens (including phenoxy) is 1. The minimum atomic E-state index is -1.43. The van der Waals surface area contributed by atoms with E-state index in [1.165, 1.54) is 6.08 Å². The van der Waals surface area contributed by atoms with E-state index in [4.69, 9.17) is 0 Å². The van der Waals surface area contributed by atoms with E-state index in [0.717, 1.165) is 0 Å². The molecule has 0 amide bonds. The molecule has 0 heterocycles. The minimum absolute atomic E-state index is 0.0232. The van der Waals surface area contributed by atoms with Crippen molar-refractivity contribution >= 4 is 11.8 Å².